The van der Waals surface area contributed by atoms with Gasteiger partial charge in [0.1, 0.15) is 5.75 Å². The minimum Gasteiger partial charge on any atom is -0.497 e. The lowest BCUT2D eigenvalue weighted by molar-refractivity contribution is 0.0895. The third-order valence-corrected chi connectivity index (χ3v) is 4.70. The topological polar surface area (TPSA) is 71.7 Å². The Balaban J connectivity index is 1.42. The van der Waals surface area contributed by atoms with E-state index in [-0.39, 0.29) is 19.1 Å². The number of aryl methyl sites for hydroxylation is 1. The maximum absolute atomic E-state index is 12.6. The van der Waals surface area contributed by atoms with Crippen molar-refractivity contribution in [2.45, 2.75) is 19.3 Å². The van der Waals surface area contributed by atoms with E-state index in [0.29, 0.717) is 23.6 Å². The molecule has 7 nitrogen and oxygen atoms in total. The summed E-state index contributed by atoms with van der Waals surface area (Å²) >= 11 is 0. The number of aromatic nitrogens is 2. The summed E-state index contributed by atoms with van der Waals surface area (Å²) in [5.74, 6) is 1.81. The standard InChI is InChI=1S/C21H20N2O5/c1-26-17-8-5-15(6-9-17)3-2-4-20(24)23-12-11-22(21(23)25)16-7-10-18-19(13-16)28-14-27-18/h5-13H,2-4,14H2,1H3. The fourth-order valence-electron chi connectivity index (χ4n) is 3.15. The molecular weight excluding hydrogens is 360 g/mol. The first-order chi connectivity index (χ1) is 13.7. The van der Waals surface area contributed by atoms with E-state index in [2.05, 4.69) is 0 Å². The molecule has 0 atom stereocenters. The van der Waals surface area contributed by atoms with Gasteiger partial charge >= 0.3 is 5.69 Å². The van der Waals surface area contributed by atoms with Gasteiger partial charge in [-0.3, -0.25) is 9.36 Å². The molecule has 4 rings (SSSR count). The maximum atomic E-state index is 12.6. The van der Waals surface area contributed by atoms with Gasteiger partial charge in [-0.05, 0) is 42.7 Å². The van der Waals surface area contributed by atoms with Crippen LogP contribution in [0.2, 0.25) is 0 Å². The highest BCUT2D eigenvalue weighted by Crippen LogP contribution is 2.33. The summed E-state index contributed by atoms with van der Waals surface area (Å²) < 4.78 is 18.3. The van der Waals surface area contributed by atoms with Gasteiger partial charge in [-0.2, -0.15) is 0 Å². The van der Waals surface area contributed by atoms with Gasteiger partial charge in [0, 0.05) is 24.9 Å². The zero-order chi connectivity index (χ0) is 19.5. The quantitative estimate of drug-likeness (QED) is 0.657. The first kappa shape index (κ1) is 17.9. The number of nitrogens with zero attached hydrogens (tertiary/aromatic N) is 2. The van der Waals surface area contributed by atoms with E-state index in [0.717, 1.165) is 22.3 Å². The van der Waals surface area contributed by atoms with Crippen LogP contribution in [0.4, 0.5) is 0 Å². The number of ether oxygens (including phenoxy) is 3. The number of rotatable bonds is 6. The molecule has 2 heterocycles. The molecule has 0 bridgehead atoms. The number of hydrogen-bond donors (Lipinski definition) is 0. The number of benzene rings is 2. The average Bonchev–Trinajstić information content (AvgIpc) is 3.34. The van der Waals surface area contributed by atoms with Gasteiger partial charge in [0.15, 0.2) is 11.5 Å². The fourth-order valence-corrected chi connectivity index (χ4v) is 3.15. The van der Waals surface area contributed by atoms with E-state index < -0.39 is 5.69 Å². The van der Waals surface area contributed by atoms with E-state index >= 15 is 0 Å². The molecule has 144 valence electrons. The van der Waals surface area contributed by atoms with Crippen molar-refractivity contribution in [2.75, 3.05) is 13.9 Å². The molecule has 1 aliphatic rings. The monoisotopic (exact) mass is 380 g/mol. The van der Waals surface area contributed by atoms with E-state index in [1.165, 1.54) is 10.8 Å². The van der Waals surface area contributed by atoms with Crippen LogP contribution in [-0.2, 0) is 6.42 Å². The average molecular weight is 380 g/mol. The van der Waals surface area contributed by atoms with Gasteiger partial charge in [0.05, 0.1) is 12.8 Å². The Morgan fingerprint density at radius 1 is 1.07 bits per heavy atom. The molecule has 0 fully saturated rings. The van der Waals surface area contributed by atoms with Crippen LogP contribution < -0.4 is 19.9 Å². The molecule has 0 saturated carbocycles. The van der Waals surface area contributed by atoms with Crippen molar-refractivity contribution in [3.8, 4) is 22.9 Å². The highest BCUT2D eigenvalue weighted by atomic mass is 16.7. The lowest BCUT2D eigenvalue weighted by Gasteiger charge is -2.05. The van der Waals surface area contributed by atoms with Crippen molar-refractivity contribution < 1.29 is 19.0 Å². The van der Waals surface area contributed by atoms with Crippen LogP contribution in [0.15, 0.2) is 59.7 Å². The summed E-state index contributed by atoms with van der Waals surface area (Å²) in [5.41, 5.74) is 1.35. The Hall–Kier alpha value is -3.48. The summed E-state index contributed by atoms with van der Waals surface area (Å²) in [7, 11) is 1.63. The summed E-state index contributed by atoms with van der Waals surface area (Å²) in [6, 6.07) is 13.0. The number of methoxy groups -OCH3 is 1. The van der Waals surface area contributed by atoms with Gasteiger partial charge in [-0.1, -0.05) is 12.1 Å². The molecule has 2 aromatic carbocycles. The second-order valence-electron chi connectivity index (χ2n) is 6.45. The third-order valence-electron chi connectivity index (χ3n) is 4.70. The number of carbonyl (C=O) groups excluding carboxylic acids is 1. The Bertz CT molecular complexity index is 1050. The molecule has 0 N–H and O–H groups in total. The summed E-state index contributed by atoms with van der Waals surface area (Å²) in [6.07, 6.45) is 4.79. The summed E-state index contributed by atoms with van der Waals surface area (Å²) in [5, 5.41) is 0. The number of imidazole rings is 1. The predicted octanol–water partition coefficient (Wildman–Crippen LogP) is 3.04. The van der Waals surface area contributed by atoms with Crippen LogP contribution in [0, 0.1) is 0 Å². The second kappa shape index (κ2) is 7.64. The van der Waals surface area contributed by atoms with Crippen LogP contribution in [0.1, 0.15) is 23.2 Å². The molecule has 7 heteroatoms. The Kier molecular flexibility index (Phi) is 4.89. The van der Waals surface area contributed by atoms with Crippen LogP contribution in [-0.4, -0.2) is 28.9 Å². The summed E-state index contributed by atoms with van der Waals surface area (Å²) in [4.78, 5) is 25.1. The highest BCUT2D eigenvalue weighted by Gasteiger charge is 2.16. The van der Waals surface area contributed by atoms with Crippen LogP contribution in [0.25, 0.3) is 5.69 Å². The predicted molar refractivity (Wildman–Crippen MR) is 103 cm³/mol. The molecule has 0 unspecified atom stereocenters. The number of carbonyl (C=O) groups is 1. The van der Waals surface area contributed by atoms with Crippen molar-refractivity contribution in [1.82, 2.24) is 9.13 Å². The Labute approximate surface area is 161 Å². The molecule has 0 saturated heterocycles. The van der Waals surface area contributed by atoms with Crippen molar-refractivity contribution in [2.24, 2.45) is 0 Å². The molecule has 1 aromatic heterocycles. The molecule has 28 heavy (non-hydrogen) atoms. The molecule has 0 radical (unpaired) electrons. The summed E-state index contributed by atoms with van der Waals surface area (Å²) in [6.45, 7) is 0.168. The molecular formula is C21H20N2O5. The zero-order valence-corrected chi connectivity index (χ0v) is 15.5. The van der Waals surface area contributed by atoms with Gasteiger partial charge < -0.3 is 14.2 Å². The lowest BCUT2D eigenvalue weighted by atomic mass is 10.1. The molecule has 0 aliphatic carbocycles. The Morgan fingerprint density at radius 2 is 1.86 bits per heavy atom. The highest BCUT2D eigenvalue weighted by molar-refractivity contribution is 5.78. The largest absolute Gasteiger partial charge is 0.497 e. The van der Waals surface area contributed by atoms with E-state index in [1.807, 2.05) is 24.3 Å². The minimum absolute atomic E-state index is 0.168. The zero-order valence-electron chi connectivity index (χ0n) is 15.5. The van der Waals surface area contributed by atoms with Crippen molar-refractivity contribution in [1.29, 1.82) is 0 Å². The van der Waals surface area contributed by atoms with Gasteiger partial charge in [-0.25, -0.2) is 9.36 Å². The molecule has 0 amide bonds. The van der Waals surface area contributed by atoms with E-state index in [4.69, 9.17) is 14.2 Å². The third kappa shape index (κ3) is 3.51. The van der Waals surface area contributed by atoms with Crippen LogP contribution >= 0.6 is 0 Å². The molecule has 3 aromatic rings. The molecule has 1 aliphatic heterocycles. The Morgan fingerprint density at radius 3 is 2.64 bits per heavy atom. The van der Waals surface area contributed by atoms with Crippen LogP contribution in [0.5, 0.6) is 17.2 Å². The van der Waals surface area contributed by atoms with Crippen molar-refractivity contribution >= 4 is 5.91 Å². The van der Waals surface area contributed by atoms with Gasteiger partial charge in [0.25, 0.3) is 0 Å². The van der Waals surface area contributed by atoms with Crippen molar-refractivity contribution in [3.63, 3.8) is 0 Å². The van der Waals surface area contributed by atoms with E-state index in [9.17, 15) is 9.59 Å². The number of fused-ring (bicyclic) bond motifs is 1. The lowest BCUT2D eigenvalue weighted by Crippen LogP contribution is -2.27. The smallest absolute Gasteiger partial charge is 0.339 e. The normalized spacial score (nSPS) is 12.2. The first-order valence-corrected chi connectivity index (χ1v) is 9.02. The SMILES string of the molecule is COc1ccc(CCCC(=O)n2ccn(-c3ccc4c(c3)OCO4)c2=O)cc1. The fraction of sp³-hybridized carbons (Fsp3) is 0.238. The minimum atomic E-state index is -0.395. The van der Waals surface area contributed by atoms with Crippen LogP contribution in [0.3, 0.4) is 0 Å². The van der Waals surface area contributed by atoms with Crippen molar-refractivity contribution in [3.05, 3.63) is 70.9 Å². The van der Waals surface area contributed by atoms with Gasteiger partial charge in [-0.15, -0.1) is 0 Å². The number of hydrogen-bond acceptors (Lipinski definition) is 5. The second-order valence-corrected chi connectivity index (χ2v) is 6.45. The van der Waals surface area contributed by atoms with E-state index in [1.54, 1.807) is 31.5 Å². The maximum Gasteiger partial charge on any atom is 0.339 e. The first-order valence-electron chi connectivity index (χ1n) is 9.02. The van der Waals surface area contributed by atoms with Gasteiger partial charge in [0.2, 0.25) is 12.7 Å². The molecule has 0 spiro atoms.